The van der Waals surface area contributed by atoms with Gasteiger partial charge in [0.05, 0.1) is 24.1 Å². The molecule has 8 heteroatoms. The van der Waals surface area contributed by atoms with Crippen molar-refractivity contribution in [1.82, 2.24) is 14.8 Å². The molecule has 0 aromatic carbocycles. The Balaban J connectivity index is 2.23. The minimum Gasteiger partial charge on any atom is -0.481 e. The summed E-state index contributed by atoms with van der Waals surface area (Å²) in [5.41, 5.74) is 0.670. The zero-order valence-corrected chi connectivity index (χ0v) is 10.2. The summed E-state index contributed by atoms with van der Waals surface area (Å²) in [6.45, 7) is 0.282. The van der Waals surface area contributed by atoms with Crippen LogP contribution in [0.25, 0.3) is 0 Å². The number of nitrogens with zero attached hydrogens (tertiary/aromatic N) is 4. The minimum absolute atomic E-state index is 0.00268. The Morgan fingerprint density at radius 3 is 2.94 bits per heavy atom. The van der Waals surface area contributed by atoms with Crippen LogP contribution in [0.4, 0.5) is 5.82 Å². The van der Waals surface area contributed by atoms with E-state index in [0.29, 0.717) is 11.6 Å². The average Bonchev–Trinajstić information content (AvgIpc) is 2.70. The van der Waals surface area contributed by atoms with Crippen molar-refractivity contribution < 1.29 is 9.66 Å². The summed E-state index contributed by atoms with van der Waals surface area (Å²) < 4.78 is 6.35. The van der Waals surface area contributed by atoms with E-state index in [4.69, 9.17) is 16.3 Å². The van der Waals surface area contributed by atoms with Gasteiger partial charge in [0.25, 0.3) is 0 Å². The van der Waals surface area contributed by atoms with Crippen LogP contribution >= 0.6 is 11.6 Å². The maximum atomic E-state index is 10.6. The summed E-state index contributed by atoms with van der Waals surface area (Å²) in [7, 11) is 1.52. The van der Waals surface area contributed by atoms with E-state index in [1.165, 1.54) is 18.0 Å². The van der Waals surface area contributed by atoms with Crippen LogP contribution in [0.5, 0.6) is 5.88 Å². The smallest absolute Gasteiger partial charge is 0.408 e. The third kappa shape index (κ3) is 2.57. The first kappa shape index (κ1) is 12.3. The fourth-order valence-electron chi connectivity index (χ4n) is 1.42. The van der Waals surface area contributed by atoms with Crippen molar-refractivity contribution >= 4 is 17.4 Å². The quantitative estimate of drug-likeness (QED) is 0.625. The second kappa shape index (κ2) is 5.01. The van der Waals surface area contributed by atoms with Gasteiger partial charge in [0.15, 0.2) is 5.02 Å². The van der Waals surface area contributed by atoms with Gasteiger partial charge in [-0.05, 0) is 11.0 Å². The lowest BCUT2D eigenvalue weighted by molar-refractivity contribution is -0.389. The first-order valence-corrected chi connectivity index (χ1v) is 5.35. The van der Waals surface area contributed by atoms with E-state index in [0.717, 1.165) is 0 Å². The van der Waals surface area contributed by atoms with E-state index in [1.54, 1.807) is 18.2 Å². The van der Waals surface area contributed by atoms with Crippen molar-refractivity contribution in [2.24, 2.45) is 0 Å². The van der Waals surface area contributed by atoms with Crippen LogP contribution in [0.2, 0.25) is 5.02 Å². The summed E-state index contributed by atoms with van der Waals surface area (Å²) in [4.78, 5) is 14.1. The Hall–Kier alpha value is -2.15. The standard InChI is InChI=1S/C10H9ClN4O3/c1-18-9-4-2-3-7(12-9)5-14-6-8(11)10(13-14)15(16)17/h2-4,6H,5H2,1H3. The molecule has 2 aromatic rings. The molecule has 2 heterocycles. The van der Waals surface area contributed by atoms with Crippen LogP contribution in [0.15, 0.2) is 24.4 Å². The number of hydrogen-bond acceptors (Lipinski definition) is 5. The summed E-state index contributed by atoms with van der Waals surface area (Å²) in [5, 5.41) is 14.4. The molecule has 18 heavy (non-hydrogen) atoms. The summed E-state index contributed by atoms with van der Waals surface area (Å²) in [6.07, 6.45) is 1.39. The Morgan fingerprint density at radius 2 is 2.33 bits per heavy atom. The molecule has 0 N–H and O–H groups in total. The summed E-state index contributed by atoms with van der Waals surface area (Å²) >= 11 is 5.69. The van der Waals surface area contributed by atoms with Gasteiger partial charge in [-0.15, -0.1) is 0 Å². The number of nitro groups is 1. The van der Waals surface area contributed by atoms with E-state index < -0.39 is 4.92 Å². The molecule has 2 aromatic heterocycles. The van der Waals surface area contributed by atoms with E-state index in [9.17, 15) is 10.1 Å². The van der Waals surface area contributed by atoms with Gasteiger partial charge in [0.2, 0.25) is 5.88 Å². The lowest BCUT2D eigenvalue weighted by atomic mass is 10.3. The molecule has 0 amide bonds. The van der Waals surface area contributed by atoms with E-state index >= 15 is 0 Å². The summed E-state index contributed by atoms with van der Waals surface area (Å²) in [6, 6.07) is 5.26. The van der Waals surface area contributed by atoms with E-state index in [-0.39, 0.29) is 17.4 Å². The highest BCUT2D eigenvalue weighted by Crippen LogP contribution is 2.21. The summed E-state index contributed by atoms with van der Waals surface area (Å²) in [5.74, 6) is 0.111. The van der Waals surface area contributed by atoms with Crippen molar-refractivity contribution in [1.29, 1.82) is 0 Å². The topological polar surface area (TPSA) is 83.1 Å². The molecule has 0 unspecified atom stereocenters. The molecule has 0 spiro atoms. The van der Waals surface area contributed by atoms with Gasteiger partial charge in [0, 0.05) is 6.07 Å². The van der Waals surface area contributed by atoms with Crippen LogP contribution in [-0.4, -0.2) is 26.8 Å². The molecule has 0 aliphatic heterocycles. The van der Waals surface area contributed by atoms with Gasteiger partial charge in [-0.1, -0.05) is 17.7 Å². The average molecular weight is 269 g/mol. The molecule has 0 radical (unpaired) electrons. The van der Waals surface area contributed by atoms with Gasteiger partial charge in [-0.3, -0.25) is 0 Å². The number of rotatable bonds is 4. The number of ether oxygens (including phenoxy) is 1. The highest BCUT2D eigenvalue weighted by Gasteiger charge is 2.19. The van der Waals surface area contributed by atoms with Crippen molar-refractivity contribution in [3.05, 3.63) is 45.2 Å². The largest absolute Gasteiger partial charge is 0.481 e. The zero-order chi connectivity index (χ0) is 13.1. The van der Waals surface area contributed by atoms with E-state index in [2.05, 4.69) is 10.1 Å². The lowest BCUT2D eigenvalue weighted by Crippen LogP contribution is -2.03. The third-order valence-corrected chi connectivity index (χ3v) is 2.45. The van der Waals surface area contributed by atoms with Crippen molar-refractivity contribution in [2.75, 3.05) is 7.11 Å². The van der Waals surface area contributed by atoms with Gasteiger partial charge in [-0.2, -0.15) is 4.68 Å². The molecule has 0 saturated heterocycles. The Bertz CT molecular complexity index is 584. The molecule has 2 rings (SSSR count). The van der Waals surface area contributed by atoms with Crippen LogP contribution in [-0.2, 0) is 6.54 Å². The molecule has 7 nitrogen and oxygen atoms in total. The maximum absolute atomic E-state index is 10.6. The molecular formula is C10H9ClN4O3. The number of hydrogen-bond donors (Lipinski definition) is 0. The molecular weight excluding hydrogens is 260 g/mol. The van der Waals surface area contributed by atoms with Crippen LogP contribution in [0.1, 0.15) is 5.69 Å². The zero-order valence-electron chi connectivity index (χ0n) is 9.41. The molecule has 0 aliphatic rings. The maximum Gasteiger partial charge on any atom is 0.408 e. The predicted molar refractivity (Wildman–Crippen MR) is 63.8 cm³/mol. The van der Waals surface area contributed by atoms with Gasteiger partial charge < -0.3 is 14.9 Å². The third-order valence-electron chi connectivity index (χ3n) is 2.19. The fraction of sp³-hybridized carbons (Fsp3) is 0.200. The van der Waals surface area contributed by atoms with Crippen molar-refractivity contribution in [3.63, 3.8) is 0 Å². The first-order valence-electron chi connectivity index (χ1n) is 4.97. The fourth-order valence-corrected chi connectivity index (χ4v) is 1.64. The second-order valence-corrected chi connectivity index (χ2v) is 3.83. The number of halogens is 1. The molecule has 94 valence electrons. The SMILES string of the molecule is COc1cccc(Cn2cc(Cl)c([N+](=O)[O-])n2)n1. The number of methoxy groups -OCH3 is 1. The molecule has 0 bridgehead atoms. The van der Waals surface area contributed by atoms with E-state index in [1.807, 2.05) is 0 Å². The molecule has 0 fully saturated rings. The van der Waals surface area contributed by atoms with Gasteiger partial charge in [-0.25, -0.2) is 4.98 Å². The van der Waals surface area contributed by atoms with Crippen LogP contribution in [0, 0.1) is 10.1 Å². The molecule has 0 atom stereocenters. The number of pyridine rings is 1. The second-order valence-electron chi connectivity index (χ2n) is 3.43. The van der Waals surface area contributed by atoms with Crippen LogP contribution < -0.4 is 4.74 Å². The van der Waals surface area contributed by atoms with Crippen molar-refractivity contribution in [3.8, 4) is 5.88 Å². The van der Waals surface area contributed by atoms with Gasteiger partial charge in [0.1, 0.15) is 6.54 Å². The Labute approximate surface area is 107 Å². The highest BCUT2D eigenvalue weighted by molar-refractivity contribution is 6.32. The normalized spacial score (nSPS) is 10.3. The Kier molecular flexibility index (Phi) is 3.42. The van der Waals surface area contributed by atoms with Gasteiger partial charge >= 0.3 is 5.82 Å². The highest BCUT2D eigenvalue weighted by atomic mass is 35.5. The monoisotopic (exact) mass is 268 g/mol. The predicted octanol–water partition coefficient (Wildman–Crippen LogP) is 1.90. The first-order chi connectivity index (χ1) is 8.60. The van der Waals surface area contributed by atoms with Crippen LogP contribution in [0.3, 0.4) is 0 Å². The number of aromatic nitrogens is 3. The van der Waals surface area contributed by atoms with Crippen molar-refractivity contribution in [2.45, 2.75) is 6.54 Å². The molecule has 0 aliphatic carbocycles. The lowest BCUT2D eigenvalue weighted by Gasteiger charge is -2.01. The molecule has 0 saturated carbocycles. The Morgan fingerprint density at radius 1 is 1.56 bits per heavy atom. The minimum atomic E-state index is -0.627.